The predicted molar refractivity (Wildman–Crippen MR) is 95.2 cm³/mol. The molecule has 4 rings (SSSR count). The molecular weight excluding hydrogens is 296 g/mol. The van der Waals surface area contributed by atoms with Crippen molar-refractivity contribution in [1.82, 2.24) is 0 Å². The normalized spacial score (nSPS) is 29.0. The van der Waals surface area contributed by atoms with Crippen molar-refractivity contribution < 1.29 is 9.90 Å². The van der Waals surface area contributed by atoms with Crippen molar-refractivity contribution in [2.75, 3.05) is 0 Å². The second-order valence-electron chi connectivity index (χ2n) is 7.78. The summed E-state index contributed by atoms with van der Waals surface area (Å²) in [5.74, 6) is 1.06. The molecule has 0 radical (unpaired) electrons. The van der Waals surface area contributed by atoms with E-state index in [1.807, 2.05) is 12.1 Å². The summed E-state index contributed by atoms with van der Waals surface area (Å²) in [5.41, 5.74) is 3.95. The minimum Gasteiger partial charge on any atom is -0.508 e. The van der Waals surface area contributed by atoms with E-state index in [-0.39, 0.29) is 17.3 Å². The molecule has 1 N–H and O–H groups in total. The van der Waals surface area contributed by atoms with Gasteiger partial charge in [-0.05, 0) is 65.8 Å². The molecule has 3 atom stereocenters. The van der Waals surface area contributed by atoms with Gasteiger partial charge < -0.3 is 5.11 Å². The van der Waals surface area contributed by atoms with E-state index in [1.54, 1.807) is 6.07 Å². The SMILES string of the molecule is C[C@]12CCC(=O)[C@H](Cc3ccccc3)[C@@H]1c1ccc(O)cc1CC2. The highest BCUT2D eigenvalue weighted by Gasteiger charge is 2.48. The molecule has 0 spiro atoms. The van der Waals surface area contributed by atoms with Gasteiger partial charge in [-0.1, -0.05) is 43.3 Å². The number of aromatic hydroxyl groups is 1. The van der Waals surface area contributed by atoms with E-state index in [2.05, 4.69) is 37.3 Å². The lowest BCUT2D eigenvalue weighted by Crippen LogP contribution is -2.44. The molecular formula is C22H24O2. The number of carbonyl (C=O) groups excluding carboxylic acids is 1. The summed E-state index contributed by atoms with van der Waals surface area (Å²) in [4.78, 5) is 12.8. The van der Waals surface area contributed by atoms with Gasteiger partial charge in [0.15, 0.2) is 0 Å². The van der Waals surface area contributed by atoms with Gasteiger partial charge >= 0.3 is 0 Å². The molecule has 1 saturated carbocycles. The van der Waals surface area contributed by atoms with Crippen molar-refractivity contribution in [3.05, 3.63) is 65.2 Å². The zero-order valence-corrected chi connectivity index (χ0v) is 14.2. The molecule has 0 unspecified atom stereocenters. The molecule has 2 aromatic carbocycles. The van der Waals surface area contributed by atoms with Crippen LogP contribution < -0.4 is 0 Å². The third kappa shape index (κ3) is 2.54. The van der Waals surface area contributed by atoms with Gasteiger partial charge in [0, 0.05) is 12.3 Å². The third-order valence-electron chi connectivity index (χ3n) is 6.23. The maximum atomic E-state index is 12.8. The van der Waals surface area contributed by atoms with Gasteiger partial charge in [-0.3, -0.25) is 4.79 Å². The summed E-state index contributed by atoms with van der Waals surface area (Å²) in [5, 5.41) is 9.83. The summed E-state index contributed by atoms with van der Waals surface area (Å²) in [6, 6.07) is 16.1. The number of hydrogen-bond acceptors (Lipinski definition) is 2. The number of phenolic OH excluding ortho intramolecular Hbond substituents is 1. The molecule has 2 aromatic rings. The summed E-state index contributed by atoms with van der Waals surface area (Å²) in [6.45, 7) is 2.36. The van der Waals surface area contributed by atoms with Crippen LogP contribution in [0, 0.1) is 11.3 Å². The Morgan fingerprint density at radius 2 is 1.83 bits per heavy atom. The Morgan fingerprint density at radius 1 is 1.08 bits per heavy atom. The van der Waals surface area contributed by atoms with Crippen molar-refractivity contribution in [2.24, 2.45) is 11.3 Å². The molecule has 124 valence electrons. The van der Waals surface area contributed by atoms with Gasteiger partial charge in [0.2, 0.25) is 0 Å². The minimum atomic E-state index is 0.0507. The topological polar surface area (TPSA) is 37.3 Å². The predicted octanol–water partition coefficient (Wildman–Crippen LogP) is 4.65. The van der Waals surface area contributed by atoms with Crippen LogP contribution >= 0.6 is 0 Å². The van der Waals surface area contributed by atoms with E-state index in [9.17, 15) is 9.90 Å². The van der Waals surface area contributed by atoms with Crippen LogP contribution in [-0.4, -0.2) is 10.9 Å². The zero-order chi connectivity index (χ0) is 16.7. The van der Waals surface area contributed by atoms with Crippen molar-refractivity contribution in [1.29, 1.82) is 0 Å². The molecule has 0 heterocycles. The monoisotopic (exact) mass is 320 g/mol. The van der Waals surface area contributed by atoms with Gasteiger partial charge in [-0.15, -0.1) is 0 Å². The standard InChI is InChI=1S/C22H24O2/c1-22-11-9-16-14-17(23)7-8-18(16)21(22)19(20(24)10-12-22)13-15-5-3-2-4-6-15/h2-8,14,19,21,23H,9-13H2,1H3/t19-,21-,22-/m0/s1. The van der Waals surface area contributed by atoms with Crippen LogP contribution in [0.25, 0.3) is 0 Å². The van der Waals surface area contributed by atoms with E-state index in [0.29, 0.717) is 18.0 Å². The highest BCUT2D eigenvalue weighted by molar-refractivity contribution is 5.84. The van der Waals surface area contributed by atoms with E-state index < -0.39 is 0 Å². The van der Waals surface area contributed by atoms with Crippen molar-refractivity contribution in [3.63, 3.8) is 0 Å². The number of benzene rings is 2. The fourth-order valence-corrected chi connectivity index (χ4v) is 4.93. The highest BCUT2D eigenvalue weighted by atomic mass is 16.3. The average molecular weight is 320 g/mol. The van der Waals surface area contributed by atoms with Crippen LogP contribution in [0.15, 0.2) is 48.5 Å². The first-order valence-corrected chi connectivity index (χ1v) is 8.95. The van der Waals surface area contributed by atoms with E-state index in [4.69, 9.17) is 0 Å². The second-order valence-corrected chi connectivity index (χ2v) is 7.78. The fourth-order valence-electron chi connectivity index (χ4n) is 4.93. The van der Waals surface area contributed by atoms with Crippen LogP contribution in [0.2, 0.25) is 0 Å². The number of carbonyl (C=O) groups is 1. The van der Waals surface area contributed by atoms with Crippen LogP contribution in [0.5, 0.6) is 5.75 Å². The van der Waals surface area contributed by atoms with Gasteiger partial charge in [0.05, 0.1) is 0 Å². The Hall–Kier alpha value is -2.09. The summed E-state index contributed by atoms with van der Waals surface area (Å²) in [7, 11) is 0. The summed E-state index contributed by atoms with van der Waals surface area (Å²) >= 11 is 0. The highest BCUT2D eigenvalue weighted by Crippen LogP contribution is 2.56. The summed E-state index contributed by atoms with van der Waals surface area (Å²) in [6.07, 6.45) is 4.62. The molecule has 0 aromatic heterocycles. The molecule has 0 amide bonds. The fraction of sp³-hybridized carbons (Fsp3) is 0.409. The Kier molecular flexibility index (Phi) is 3.71. The van der Waals surface area contributed by atoms with Crippen molar-refractivity contribution in [2.45, 2.75) is 44.9 Å². The van der Waals surface area contributed by atoms with E-state index >= 15 is 0 Å². The Labute approximate surface area is 143 Å². The second kappa shape index (κ2) is 5.77. The number of fused-ring (bicyclic) bond motifs is 3. The first-order chi connectivity index (χ1) is 11.6. The van der Waals surface area contributed by atoms with Crippen LogP contribution in [0.3, 0.4) is 0 Å². The van der Waals surface area contributed by atoms with Crippen LogP contribution in [0.1, 0.15) is 48.8 Å². The maximum absolute atomic E-state index is 12.8. The zero-order valence-electron chi connectivity index (χ0n) is 14.2. The van der Waals surface area contributed by atoms with Crippen molar-refractivity contribution in [3.8, 4) is 5.75 Å². The lowest BCUT2D eigenvalue weighted by Gasteiger charge is -2.49. The minimum absolute atomic E-state index is 0.0507. The van der Waals surface area contributed by atoms with Gasteiger partial charge in [-0.25, -0.2) is 0 Å². The van der Waals surface area contributed by atoms with Gasteiger partial charge in [-0.2, -0.15) is 0 Å². The van der Waals surface area contributed by atoms with E-state index in [0.717, 1.165) is 25.7 Å². The van der Waals surface area contributed by atoms with Gasteiger partial charge in [0.1, 0.15) is 11.5 Å². The number of Topliss-reactive ketones (excluding diaryl/α,β-unsaturated/α-hetero) is 1. The molecule has 2 aliphatic rings. The number of phenols is 1. The Bertz CT molecular complexity index is 765. The van der Waals surface area contributed by atoms with Crippen LogP contribution in [0.4, 0.5) is 0 Å². The largest absolute Gasteiger partial charge is 0.508 e. The molecule has 24 heavy (non-hydrogen) atoms. The van der Waals surface area contributed by atoms with Crippen molar-refractivity contribution >= 4 is 5.78 Å². The molecule has 0 aliphatic heterocycles. The first kappa shape index (κ1) is 15.4. The first-order valence-electron chi connectivity index (χ1n) is 8.95. The number of ketones is 1. The molecule has 0 saturated heterocycles. The molecule has 2 aliphatic carbocycles. The number of aryl methyl sites for hydroxylation is 1. The Balaban J connectivity index is 1.77. The van der Waals surface area contributed by atoms with Crippen LogP contribution in [-0.2, 0) is 17.6 Å². The maximum Gasteiger partial charge on any atom is 0.136 e. The Morgan fingerprint density at radius 3 is 2.62 bits per heavy atom. The number of hydrogen-bond donors (Lipinski definition) is 1. The lowest BCUT2D eigenvalue weighted by molar-refractivity contribution is -0.129. The summed E-state index contributed by atoms with van der Waals surface area (Å²) < 4.78 is 0. The van der Waals surface area contributed by atoms with Gasteiger partial charge in [0.25, 0.3) is 0 Å². The quantitative estimate of drug-likeness (QED) is 0.874. The van der Waals surface area contributed by atoms with E-state index in [1.165, 1.54) is 16.7 Å². The lowest BCUT2D eigenvalue weighted by atomic mass is 9.54. The molecule has 2 nitrogen and oxygen atoms in total. The molecule has 1 fully saturated rings. The third-order valence-corrected chi connectivity index (χ3v) is 6.23. The number of rotatable bonds is 2. The molecule has 0 bridgehead atoms. The smallest absolute Gasteiger partial charge is 0.136 e. The molecule has 2 heteroatoms. The average Bonchev–Trinajstić information content (AvgIpc) is 2.59.